The highest BCUT2D eigenvalue weighted by Gasteiger charge is 2.31. The van der Waals surface area contributed by atoms with Crippen LogP contribution in [0.3, 0.4) is 0 Å². The smallest absolute Gasteiger partial charge is 0.0648 e. The average Bonchev–Trinajstić information content (AvgIpc) is 2.42. The van der Waals surface area contributed by atoms with Crippen molar-refractivity contribution in [2.24, 2.45) is 17.8 Å². The fraction of sp³-hybridized carbons (Fsp3) is 0.765. The molecule has 0 saturated heterocycles. The molecule has 0 amide bonds. The fourth-order valence-corrected chi connectivity index (χ4v) is 3.53. The molecule has 1 heterocycles. The molecule has 112 valence electrons. The molecule has 3 nitrogen and oxygen atoms in total. The lowest BCUT2D eigenvalue weighted by Gasteiger charge is -2.37. The summed E-state index contributed by atoms with van der Waals surface area (Å²) in [5.74, 6) is 2.42. The van der Waals surface area contributed by atoms with Gasteiger partial charge in [0.2, 0.25) is 0 Å². The average molecular weight is 275 g/mol. The van der Waals surface area contributed by atoms with E-state index in [1.165, 1.54) is 24.8 Å². The Labute approximate surface area is 123 Å². The van der Waals surface area contributed by atoms with Crippen LogP contribution in [0.2, 0.25) is 0 Å². The van der Waals surface area contributed by atoms with E-state index in [0.717, 1.165) is 35.7 Å². The maximum atomic E-state index is 4.32. The third-order valence-electron chi connectivity index (χ3n) is 5.01. The molecule has 1 fully saturated rings. The predicted molar refractivity (Wildman–Crippen MR) is 83.6 cm³/mol. The lowest BCUT2D eigenvalue weighted by Crippen LogP contribution is -2.34. The third-order valence-corrected chi connectivity index (χ3v) is 5.01. The van der Waals surface area contributed by atoms with Gasteiger partial charge in [0.15, 0.2) is 0 Å². The molecule has 2 rings (SSSR count). The second kappa shape index (κ2) is 6.66. The SMILES string of the molecule is CCNC(c1cc(C)nnc1C)C1CCC(C)C(C)C1. The van der Waals surface area contributed by atoms with E-state index in [2.05, 4.69) is 49.3 Å². The van der Waals surface area contributed by atoms with Crippen molar-refractivity contribution >= 4 is 0 Å². The van der Waals surface area contributed by atoms with E-state index in [1.54, 1.807) is 0 Å². The monoisotopic (exact) mass is 275 g/mol. The molecule has 1 aromatic heterocycles. The van der Waals surface area contributed by atoms with Crippen LogP contribution < -0.4 is 5.32 Å². The highest BCUT2D eigenvalue weighted by atomic mass is 15.1. The van der Waals surface area contributed by atoms with Crippen molar-refractivity contribution in [3.8, 4) is 0 Å². The number of nitrogens with one attached hydrogen (secondary N) is 1. The zero-order valence-corrected chi connectivity index (χ0v) is 13.6. The predicted octanol–water partition coefficient (Wildman–Crippen LogP) is 3.82. The normalized spacial score (nSPS) is 28.4. The van der Waals surface area contributed by atoms with Gasteiger partial charge in [-0.2, -0.15) is 10.2 Å². The summed E-state index contributed by atoms with van der Waals surface area (Å²) in [5.41, 5.74) is 3.45. The van der Waals surface area contributed by atoms with Crippen LogP contribution in [0.15, 0.2) is 6.07 Å². The zero-order valence-electron chi connectivity index (χ0n) is 13.6. The number of rotatable bonds is 4. The van der Waals surface area contributed by atoms with Crippen molar-refractivity contribution in [3.63, 3.8) is 0 Å². The minimum absolute atomic E-state index is 0.434. The Morgan fingerprint density at radius 1 is 1.20 bits per heavy atom. The number of hydrogen-bond donors (Lipinski definition) is 1. The molecule has 0 spiro atoms. The first kappa shape index (κ1) is 15.4. The summed E-state index contributed by atoms with van der Waals surface area (Å²) in [5, 5.41) is 12.2. The number of hydrogen-bond acceptors (Lipinski definition) is 3. The van der Waals surface area contributed by atoms with Crippen LogP contribution in [-0.2, 0) is 0 Å². The van der Waals surface area contributed by atoms with Crippen molar-refractivity contribution in [1.82, 2.24) is 15.5 Å². The van der Waals surface area contributed by atoms with Crippen LogP contribution >= 0.6 is 0 Å². The highest BCUT2D eigenvalue weighted by Crippen LogP contribution is 2.40. The van der Waals surface area contributed by atoms with Gasteiger partial charge in [0.25, 0.3) is 0 Å². The highest BCUT2D eigenvalue weighted by molar-refractivity contribution is 5.24. The molecule has 1 saturated carbocycles. The van der Waals surface area contributed by atoms with Gasteiger partial charge in [-0.3, -0.25) is 0 Å². The van der Waals surface area contributed by atoms with Crippen LogP contribution in [0, 0.1) is 31.6 Å². The Morgan fingerprint density at radius 2 is 1.95 bits per heavy atom. The summed E-state index contributed by atoms with van der Waals surface area (Å²) in [4.78, 5) is 0. The van der Waals surface area contributed by atoms with Crippen molar-refractivity contribution in [1.29, 1.82) is 0 Å². The molecule has 20 heavy (non-hydrogen) atoms. The van der Waals surface area contributed by atoms with Crippen LogP contribution in [0.25, 0.3) is 0 Å². The molecule has 1 N–H and O–H groups in total. The minimum atomic E-state index is 0.434. The molecular weight excluding hydrogens is 246 g/mol. The van der Waals surface area contributed by atoms with E-state index in [4.69, 9.17) is 0 Å². The molecule has 0 aliphatic heterocycles. The summed E-state index contributed by atoms with van der Waals surface area (Å²) in [7, 11) is 0. The standard InChI is InChI=1S/C17H29N3/c1-6-18-17(15-8-7-11(2)12(3)9-15)16-10-13(4)19-20-14(16)5/h10-12,15,17-18H,6-9H2,1-5H3. The maximum absolute atomic E-state index is 4.32. The van der Waals surface area contributed by atoms with Crippen LogP contribution in [0.5, 0.6) is 0 Å². The maximum Gasteiger partial charge on any atom is 0.0648 e. The van der Waals surface area contributed by atoms with Crippen molar-refractivity contribution in [2.45, 2.75) is 59.9 Å². The first-order chi connectivity index (χ1) is 9.52. The third kappa shape index (κ3) is 3.38. The molecule has 0 aromatic carbocycles. The van der Waals surface area contributed by atoms with E-state index >= 15 is 0 Å². The van der Waals surface area contributed by atoms with Gasteiger partial charge < -0.3 is 5.32 Å². The summed E-state index contributed by atoms with van der Waals surface area (Å²) >= 11 is 0. The fourth-order valence-electron chi connectivity index (χ4n) is 3.53. The van der Waals surface area contributed by atoms with Gasteiger partial charge >= 0.3 is 0 Å². The summed E-state index contributed by atoms with van der Waals surface area (Å²) in [6.45, 7) is 12.1. The van der Waals surface area contributed by atoms with Gasteiger partial charge in [0, 0.05) is 6.04 Å². The summed E-state index contributed by atoms with van der Waals surface area (Å²) < 4.78 is 0. The molecule has 0 bridgehead atoms. The van der Waals surface area contributed by atoms with E-state index in [9.17, 15) is 0 Å². The van der Waals surface area contributed by atoms with E-state index in [1.807, 2.05) is 6.92 Å². The Kier molecular flexibility index (Phi) is 5.14. The molecule has 1 aliphatic rings. The van der Waals surface area contributed by atoms with E-state index in [0.29, 0.717) is 6.04 Å². The van der Waals surface area contributed by atoms with Gasteiger partial charge in [0.1, 0.15) is 0 Å². The molecule has 4 atom stereocenters. The first-order valence-electron chi connectivity index (χ1n) is 8.07. The van der Waals surface area contributed by atoms with Crippen LogP contribution in [-0.4, -0.2) is 16.7 Å². The second-order valence-electron chi connectivity index (χ2n) is 6.59. The number of nitrogens with zero attached hydrogens (tertiary/aromatic N) is 2. The molecule has 1 aliphatic carbocycles. The molecule has 0 radical (unpaired) electrons. The lowest BCUT2D eigenvalue weighted by atomic mass is 9.72. The van der Waals surface area contributed by atoms with E-state index in [-0.39, 0.29) is 0 Å². The first-order valence-corrected chi connectivity index (χ1v) is 8.07. The second-order valence-corrected chi connectivity index (χ2v) is 6.59. The Morgan fingerprint density at radius 3 is 2.60 bits per heavy atom. The van der Waals surface area contributed by atoms with Gasteiger partial charge in [-0.25, -0.2) is 0 Å². The van der Waals surface area contributed by atoms with Gasteiger partial charge in [-0.05, 0) is 62.6 Å². The van der Waals surface area contributed by atoms with Gasteiger partial charge in [-0.1, -0.05) is 27.2 Å². The van der Waals surface area contributed by atoms with Crippen molar-refractivity contribution < 1.29 is 0 Å². The minimum Gasteiger partial charge on any atom is -0.310 e. The Balaban J connectivity index is 2.24. The Bertz CT molecular complexity index is 444. The zero-order chi connectivity index (χ0) is 14.7. The summed E-state index contributed by atoms with van der Waals surface area (Å²) in [6, 6.07) is 2.65. The van der Waals surface area contributed by atoms with E-state index < -0.39 is 0 Å². The van der Waals surface area contributed by atoms with Crippen LogP contribution in [0.4, 0.5) is 0 Å². The van der Waals surface area contributed by atoms with Crippen LogP contribution in [0.1, 0.15) is 63.0 Å². The number of aryl methyl sites for hydroxylation is 2. The summed E-state index contributed by atoms with van der Waals surface area (Å²) in [6.07, 6.45) is 3.99. The molecule has 1 aromatic rings. The molecule has 3 heteroatoms. The lowest BCUT2D eigenvalue weighted by molar-refractivity contribution is 0.171. The molecule has 4 unspecified atom stereocenters. The molecular formula is C17H29N3. The Hall–Kier alpha value is -0.960. The van der Waals surface area contributed by atoms with Gasteiger partial charge in [-0.15, -0.1) is 0 Å². The largest absolute Gasteiger partial charge is 0.310 e. The van der Waals surface area contributed by atoms with Crippen molar-refractivity contribution in [3.05, 3.63) is 23.0 Å². The topological polar surface area (TPSA) is 37.8 Å². The van der Waals surface area contributed by atoms with Crippen molar-refractivity contribution in [2.75, 3.05) is 6.54 Å². The van der Waals surface area contributed by atoms with Gasteiger partial charge in [0.05, 0.1) is 11.4 Å². The quantitative estimate of drug-likeness (QED) is 0.908. The number of aromatic nitrogens is 2.